The van der Waals surface area contributed by atoms with E-state index in [1.54, 1.807) is 18.2 Å². The molecule has 0 spiro atoms. The van der Waals surface area contributed by atoms with Crippen LogP contribution in [-0.2, 0) is 9.53 Å². The van der Waals surface area contributed by atoms with Crippen LogP contribution in [0, 0.1) is 27.9 Å². The standard InChI is InChI=1S/C31H27NO4/c1-3-26-28(33)21-30(23-13-9-6-10-14-23)36-29(20-15-22-11-7-5-8-12-22)27(4-2)31(26)24-16-18-25(19-17-24)32(34)35/h5-14,16-19,21,26,31H,3-4H2,1-2H3/b29-27-,30-21-. The minimum absolute atomic E-state index is 0.0117. The second-order valence-corrected chi connectivity index (χ2v) is 8.54. The van der Waals surface area contributed by atoms with Gasteiger partial charge in [-0.25, -0.2) is 0 Å². The zero-order chi connectivity index (χ0) is 25.5. The molecule has 1 aliphatic heterocycles. The highest BCUT2D eigenvalue weighted by molar-refractivity contribution is 5.98. The smallest absolute Gasteiger partial charge is 0.269 e. The van der Waals surface area contributed by atoms with Crippen LogP contribution in [0.3, 0.4) is 0 Å². The molecule has 0 aliphatic carbocycles. The van der Waals surface area contributed by atoms with Crippen molar-refractivity contribution in [2.45, 2.75) is 32.6 Å². The highest BCUT2D eigenvalue weighted by Gasteiger charge is 2.34. The summed E-state index contributed by atoms with van der Waals surface area (Å²) in [5, 5.41) is 11.2. The van der Waals surface area contributed by atoms with Gasteiger partial charge in [0.2, 0.25) is 0 Å². The number of carbonyl (C=O) groups excluding carboxylic acids is 1. The van der Waals surface area contributed by atoms with Gasteiger partial charge in [-0.1, -0.05) is 80.4 Å². The molecule has 0 saturated heterocycles. The molecule has 0 bridgehead atoms. The van der Waals surface area contributed by atoms with Crippen LogP contribution in [0.2, 0.25) is 0 Å². The Morgan fingerprint density at radius 1 is 0.889 bits per heavy atom. The number of rotatable bonds is 5. The number of ketones is 1. The average Bonchev–Trinajstić information content (AvgIpc) is 2.91. The summed E-state index contributed by atoms with van der Waals surface area (Å²) in [6.45, 7) is 4.01. The van der Waals surface area contributed by atoms with Crippen molar-refractivity contribution in [1.29, 1.82) is 0 Å². The van der Waals surface area contributed by atoms with Gasteiger partial charge in [-0.05, 0) is 42.0 Å². The number of allylic oxidation sites excluding steroid dienone is 3. The number of hydrogen-bond donors (Lipinski definition) is 0. The van der Waals surface area contributed by atoms with E-state index in [2.05, 4.69) is 11.8 Å². The SMILES string of the molecule is CC/C1=C(\C#Cc2ccccc2)O/C(c2ccccc2)=C\C(=O)C(CC)C1c1ccc([N+](=O)[O-])cc1. The van der Waals surface area contributed by atoms with Crippen LogP contribution in [-0.4, -0.2) is 10.7 Å². The number of hydrogen-bond acceptors (Lipinski definition) is 4. The fourth-order valence-corrected chi connectivity index (χ4v) is 4.54. The zero-order valence-electron chi connectivity index (χ0n) is 20.3. The summed E-state index contributed by atoms with van der Waals surface area (Å²) < 4.78 is 6.42. The van der Waals surface area contributed by atoms with Crippen LogP contribution < -0.4 is 0 Å². The summed E-state index contributed by atoms with van der Waals surface area (Å²) in [4.78, 5) is 24.4. The summed E-state index contributed by atoms with van der Waals surface area (Å²) in [6.07, 6.45) is 2.77. The second-order valence-electron chi connectivity index (χ2n) is 8.54. The van der Waals surface area contributed by atoms with Gasteiger partial charge in [-0.15, -0.1) is 0 Å². The molecular formula is C31H27NO4. The lowest BCUT2D eigenvalue weighted by molar-refractivity contribution is -0.384. The Hall–Kier alpha value is -4.43. The number of benzene rings is 3. The number of nitro groups is 1. The predicted molar refractivity (Wildman–Crippen MR) is 141 cm³/mol. The number of ether oxygens (including phenoxy) is 1. The van der Waals surface area contributed by atoms with Gasteiger partial charge in [0, 0.05) is 41.2 Å². The van der Waals surface area contributed by atoms with Crippen molar-refractivity contribution >= 4 is 17.2 Å². The molecule has 0 N–H and O–H groups in total. The van der Waals surface area contributed by atoms with E-state index in [-0.39, 0.29) is 23.3 Å². The van der Waals surface area contributed by atoms with Gasteiger partial charge >= 0.3 is 0 Å². The highest BCUT2D eigenvalue weighted by Crippen LogP contribution is 2.41. The maximum atomic E-state index is 13.6. The minimum Gasteiger partial charge on any atom is -0.448 e. The van der Waals surface area contributed by atoms with Gasteiger partial charge in [0.25, 0.3) is 5.69 Å². The lowest BCUT2D eigenvalue weighted by Crippen LogP contribution is -2.25. The maximum absolute atomic E-state index is 13.6. The van der Waals surface area contributed by atoms with Crippen LogP contribution in [0.25, 0.3) is 5.76 Å². The van der Waals surface area contributed by atoms with Crippen molar-refractivity contribution in [1.82, 2.24) is 0 Å². The molecule has 1 heterocycles. The molecule has 1 aliphatic rings. The summed E-state index contributed by atoms with van der Waals surface area (Å²) in [5.41, 5.74) is 3.39. The van der Waals surface area contributed by atoms with Gasteiger partial charge in [-0.2, -0.15) is 0 Å². The first-order valence-corrected chi connectivity index (χ1v) is 12.0. The van der Waals surface area contributed by atoms with Crippen LogP contribution in [0.15, 0.2) is 102 Å². The number of nitrogens with zero attached hydrogens (tertiary/aromatic N) is 1. The molecule has 0 fully saturated rings. The third kappa shape index (κ3) is 5.45. The molecule has 0 saturated carbocycles. The van der Waals surface area contributed by atoms with E-state index in [1.807, 2.05) is 74.5 Å². The third-order valence-corrected chi connectivity index (χ3v) is 6.36. The molecule has 2 atom stereocenters. The second kappa shape index (κ2) is 11.3. The fraction of sp³-hybridized carbons (Fsp3) is 0.194. The molecule has 3 aromatic carbocycles. The molecular weight excluding hydrogens is 450 g/mol. The third-order valence-electron chi connectivity index (χ3n) is 6.36. The molecule has 3 aromatic rings. The van der Waals surface area contributed by atoms with Gasteiger partial charge < -0.3 is 4.74 Å². The van der Waals surface area contributed by atoms with Crippen molar-refractivity contribution < 1.29 is 14.5 Å². The molecule has 2 unspecified atom stereocenters. The number of nitro benzene ring substituents is 1. The minimum atomic E-state index is -0.421. The summed E-state index contributed by atoms with van der Waals surface area (Å²) >= 11 is 0. The highest BCUT2D eigenvalue weighted by atomic mass is 16.6. The van der Waals surface area contributed by atoms with Gasteiger partial charge in [0.05, 0.1) is 4.92 Å². The predicted octanol–water partition coefficient (Wildman–Crippen LogP) is 7.06. The Labute approximate surface area is 211 Å². The Bertz CT molecular complexity index is 1360. The van der Waals surface area contributed by atoms with Gasteiger partial charge in [0.1, 0.15) is 5.76 Å². The largest absolute Gasteiger partial charge is 0.448 e. The maximum Gasteiger partial charge on any atom is 0.269 e. The number of carbonyl (C=O) groups is 1. The summed E-state index contributed by atoms with van der Waals surface area (Å²) in [7, 11) is 0. The zero-order valence-corrected chi connectivity index (χ0v) is 20.3. The first kappa shape index (κ1) is 24.7. The van der Waals surface area contributed by atoms with E-state index >= 15 is 0 Å². The number of non-ortho nitro benzene ring substituents is 1. The van der Waals surface area contributed by atoms with Crippen molar-refractivity contribution in [3.05, 3.63) is 129 Å². The normalized spacial score (nSPS) is 21.2. The molecule has 0 amide bonds. The average molecular weight is 478 g/mol. The lowest BCUT2D eigenvalue weighted by atomic mass is 9.75. The van der Waals surface area contributed by atoms with E-state index in [0.29, 0.717) is 24.4 Å². The van der Waals surface area contributed by atoms with E-state index < -0.39 is 4.92 Å². The summed E-state index contributed by atoms with van der Waals surface area (Å²) in [6, 6.07) is 25.6. The summed E-state index contributed by atoms with van der Waals surface area (Å²) in [5.74, 6) is 6.69. The molecule has 0 aromatic heterocycles. The molecule has 0 radical (unpaired) electrons. The topological polar surface area (TPSA) is 69.4 Å². The molecule has 36 heavy (non-hydrogen) atoms. The first-order chi connectivity index (χ1) is 17.5. The quantitative estimate of drug-likeness (QED) is 0.224. The Kier molecular flexibility index (Phi) is 7.77. The van der Waals surface area contributed by atoms with Gasteiger partial charge in [-0.3, -0.25) is 14.9 Å². The van der Waals surface area contributed by atoms with E-state index in [4.69, 9.17) is 4.74 Å². The van der Waals surface area contributed by atoms with Gasteiger partial charge in [0.15, 0.2) is 11.5 Å². The van der Waals surface area contributed by atoms with E-state index in [1.165, 1.54) is 12.1 Å². The van der Waals surface area contributed by atoms with Crippen LogP contribution in [0.5, 0.6) is 0 Å². The van der Waals surface area contributed by atoms with E-state index in [0.717, 1.165) is 22.3 Å². The van der Waals surface area contributed by atoms with Crippen molar-refractivity contribution in [2.75, 3.05) is 0 Å². The Morgan fingerprint density at radius 3 is 2.11 bits per heavy atom. The molecule has 5 heteroatoms. The van der Waals surface area contributed by atoms with Crippen molar-refractivity contribution in [3.63, 3.8) is 0 Å². The lowest BCUT2D eigenvalue weighted by Gasteiger charge is -2.30. The van der Waals surface area contributed by atoms with Crippen LogP contribution in [0.4, 0.5) is 5.69 Å². The van der Waals surface area contributed by atoms with Crippen molar-refractivity contribution in [2.24, 2.45) is 5.92 Å². The van der Waals surface area contributed by atoms with Crippen LogP contribution in [0.1, 0.15) is 49.3 Å². The fourth-order valence-electron chi connectivity index (χ4n) is 4.54. The Morgan fingerprint density at radius 2 is 1.53 bits per heavy atom. The molecule has 5 nitrogen and oxygen atoms in total. The van der Waals surface area contributed by atoms with Crippen LogP contribution >= 0.6 is 0 Å². The van der Waals surface area contributed by atoms with E-state index in [9.17, 15) is 14.9 Å². The first-order valence-electron chi connectivity index (χ1n) is 12.0. The molecule has 4 rings (SSSR count). The molecule has 180 valence electrons. The Balaban J connectivity index is 1.91. The monoisotopic (exact) mass is 477 g/mol. The van der Waals surface area contributed by atoms with Crippen molar-refractivity contribution in [3.8, 4) is 11.8 Å².